The van der Waals surface area contributed by atoms with E-state index in [4.69, 9.17) is 0 Å². The number of sulfonamides is 1. The monoisotopic (exact) mass is 448 g/mol. The van der Waals surface area contributed by atoms with E-state index in [0.717, 1.165) is 24.3 Å². The first-order chi connectivity index (χ1) is 14.7. The molecule has 4 rings (SSSR count). The standard InChI is InChI=1S/C23H26F2N2O3S/c1-31(29,30)26-16-5-4-11-27(12-10-16)23(28)21-14-20(21)18-7-3-2-6-17(18)19-9-8-15(24)13-22(19)25/h2-3,6-9,13,16,20-21,26H,4-5,10-12,14H2,1H3/t16-,20-,21+/m0/s1. The maximum absolute atomic E-state index is 14.4. The zero-order valence-corrected chi connectivity index (χ0v) is 18.2. The number of amides is 1. The Morgan fingerprint density at radius 2 is 1.84 bits per heavy atom. The third-order valence-electron chi connectivity index (χ3n) is 6.11. The van der Waals surface area contributed by atoms with Crippen LogP contribution in [0.5, 0.6) is 0 Å². The van der Waals surface area contributed by atoms with Crippen LogP contribution < -0.4 is 4.72 Å². The largest absolute Gasteiger partial charge is 0.342 e. The fourth-order valence-electron chi connectivity index (χ4n) is 4.56. The van der Waals surface area contributed by atoms with Crippen molar-refractivity contribution in [1.82, 2.24) is 9.62 Å². The molecule has 2 aliphatic rings. The highest BCUT2D eigenvalue weighted by molar-refractivity contribution is 7.88. The van der Waals surface area contributed by atoms with Gasteiger partial charge in [0.15, 0.2) is 0 Å². The number of nitrogens with zero attached hydrogens (tertiary/aromatic N) is 1. The van der Waals surface area contributed by atoms with Crippen LogP contribution in [0.15, 0.2) is 42.5 Å². The molecule has 0 radical (unpaired) electrons. The van der Waals surface area contributed by atoms with Gasteiger partial charge in [0, 0.05) is 36.7 Å². The SMILES string of the molecule is CS(=O)(=O)N[C@H]1CCCN(C(=O)[C@@H]2C[C@H]2c2ccccc2-c2ccc(F)cc2F)CC1. The third-order valence-corrected chi connectivity index (χ3v) is 6.87. The van der Waals surface area contributed by atoms with Crippen molar-refractivity contribution in [1.29, 1.82) is 0 Å². The fraction of sp³-hybridized carbons (Fsp3) is 0.435. The molecule has 1 saturated carbocycles. The molecule has 1 aliphatic heterocycles. The molecular weight excluding hydrogens is 422 g/mol. The topological polar surface area (TPSA) is 66.5 Å². The van der Waals surface area contributed by atoms with Crippen LogP contribution in [0.3, 0.4) is 0 Å². The molecule has 2 fully saturated rings. The first-order valence-corrected chi connectivity index (χ1v) is 12.4. The molecule has 3 atom stereocenters. The Bertz CT molecular complexity index is 1090. The normalized spacial score (nSPS) is 24.0. The van der Waals surface area contributed by atoms with Gasteiger partial charge in [-0.25, -0.2) is 21.9 Å². The summed E-state index contributed by atoms with van der Waals surface area (Å²) >= 11 is 0. The van der Waals surface area contributed by atoms with Crippen molar-refractivity contribution in [3.63, 3.8) is 0 Å². The van der Waals surface area contributed by atoms with E-state index in [1.807, 2.05) is 23.1 Å². The number of hydrogen-bond acceptors (Lipinski definition) is 3. The van der Waals surface area contributed by atoms with Gasteiger partial charge in [-0.15, -0.1) is 0 Å². The second-order valence-corrected chi connectivity index (χ2v) is 10.3. The highest BCUT2D eigenvalue weighted by Gasteiger charge is 2.46. The van der Waals surface area contributed by atoms with E-state index in [0.29, 0.717) is 43.5 Å². The molecule has 0 bridgehead atoms. The summed E-state index contributed by atoms with van der Waals surface area (Å²) < 4.78 is 53.4. The fourth-order valence-corrected chi connectivity index (χ4v) is 5.40. The van der Waals surface area contributed by atoms with Gasteiger partial charge in [-0.05, 0) is 54.9 Å². The van der Waals surface area contributed by atoms with E-state index in [1.54, 1.807) is 6.07 Å². The predicted molar refractivity (Wildman–Crippen MR) is 115 cm³/mol. The minimum Gasteiger partial charge on any atom is -0.342 e. The lowest BCUT2D eigenvalue weighted by Crippen LogP contribution is -2.36. The zero-order valence-electron chi connectivity index (χ0n) is 17.4. The van der Waals surface area contributed by atoms with Crippen molar-refractivity contribution in [3.8, 4) is 11.1 Å². The lowest BCUT2D eigenvalue weighted by Gasteiger charge is -2.21. The van der Waals surface area contributed by atoms with Crippen LogP contribution in [0.2, 0.25) is 0 Å². The van der Waals surface area contributed by atoms with Crippen molar-refractivity contribution < 1.29 is 22.0 Å². The van der Waals surface area contributed by atoms with Gasteiger partial charge in [0.25, 0.3) is 0 Å². The first kappa shape index (κ1) is 21.9. The van der Waals surface area contributed by atoms with E-state index in [-0.39, 0.29) is 23.8 Å². The predicted octanol–water partition coefficient (Wildman–Crippen LogP) is 3.67. The number of carbonyl (C=O) groups is 1. The summed E-state index contributed by atoms with van der Waals surface area (Å²) in [5, 5.41) is 0. The minimum absolute atomic E-state index is 0.00125. The number of rotatable bonds is 5. The highest BCUT2D eigenvalue weighted by atomic mass is 32.2. The maximum Gasteiger partial charge on any atom is 0.226 e. The summed E-state index contributed by atoms with van der Waals surface area (Å²) in [5.74, 6) is -1.33. The molecule has 1 amide bonds. The Balaban J connectivity index is 1.46. The van der Waals surface area contributed by atoms with E-state index in [1.165, 1.54) is 12.1 Å². The number of benzene rings is 2. The molecule has 166 valence electrons. The van der Waals surface area contributed by atoms with Crippen LogP contribution in [0, 0.1) is 17.6 Å². The summed E-state index contributed by atoms with van der Waals surface area (Å²) in [7, 11) is -3.27. The summed E-state index contributed by atoms with van der Waals surface area (Å²) in [5.41, 5.74) is 1.92. The van der Waals surface area contributed by atoms with Gasteiger partial charge in [-0.1, -0.05) is 24.3 Å². The lowest BCUT2D eigenvalue weighted by atomic mass is 9.95. The Morgan fingerprint density at radius 3 is 2.58 bits per heavy atom. The molecule has 2 aromatic rings. The molecule has 2 aromatic carbocycles. The third kappa shape index (κ3) is 5.13. The van der Waals surface area contributed by atoms with Crippen LogP contribution in [-0.4, -0.2) is 44.6 Å². The van der Waals surface area contributed by atoms with Gasteiger partial charge < -0.3 is 4.90 Å². The molecule has 0 unspecified atom stereocenters. The van der Waals surface area contributed by atoms with Crippen LogP contribution in [-0.2, 0) is 14.8 Å². The highest BCUT2D eigenvalue weighted by Crippen LogP contribution is 2.51. The van der Waals surface area contributed by atoms with Gasteiger partial charge >= 0.3 is 0 Å². The second-order valence-electron chi connectivity index (χ2n) is 8.50. The molecule has 5 nitrogen and oxygen atoms in total. The Morgan fingerprint density at radius 1 is 1.06 bits per heavy atom. The molecule has 8 heteroatoms. The van der Waals surface area contributed by atoms with Crippen LogP contribution in [0.25, 0.3) is 11.1 Å². The Kier molecular flexibility index (Phi) is 6.12. The average molecular weight is 449 g/mol. The van der Waals surface area contributed by atoms with Crippen molar-refractivity contribution >= 4 is 15.9 Å². The van der Waals surface area contributed by atoms with Gasteiger partial charge in [-0.2, -0.15) is 0 Å². The molecule has 31 heavy (non-hydrogen) atoms. The molecule has 0 aromatic heterocycles. The number of halogens is 2. The van der Waals surface area contributed by atoms with Crippen LogP contribution in [0.4, 0.5) is 8.78 Å². The van der Waals surface area contributed by atoms with Gasteiger partial charge in [0.1, 0.15) is 11.6 Å². The summed E-state index contributed by atoms with van der Waals surface area (Å²) in [6.45, 7) is 1.13. The molecular formula is C23H26F2N2O3S. The van der Waals surface area contributed by atoms with Crippen LogP contribution in [0.1, 0.15) is 37.2 Å². The smallest absolute Gasteiger partial charge is 0.226 e. The number of carbonyl (C=O) groups excluding carboxylic acids is 1. The summed E-state index contributed by atoms with van der Waals surface area (Å²) in [4.78, 5) is 14.9. The molecule has 1 N–H and O–H groups in total. The van der Waals surface area contributed by atoms with E-state index >= 15 is 0 Å². The van der Waals surface area contributed by atoms with Crippen molar-refractivity contribution in [3.05, 3.63) is 59.7 Å². The number of nitrogens with one attached hydrogen (secondary N) is 1. The molecule has 1 aliphatic carbocycles. The van der Waals surface area contributed by atoms with E-state index in [9.17, 15) is 22.0 Å². The average Bonchev–Trinajstić information content (AvgIpc) is 3.51. The van der Waals surface area contributed by atoms with E-state index in [2.05, 4.69) is 4.72 Å². The van der Waals surface area contributed by atoms with E-state index < -0.39 is 21.7 Å². The maximum atomic E-state index is 14.4. The number of likely N-dealkylation sites (tertiary alicyclic amines) is 1. The molecule has 1 saturated heterocycles. The van der Waals surface area contributed by atoms with Gasteiger partial charge in [0.2, 0.25) is 15.9 Å². The van der Waals surface area contributed by atoms with Crippen LogP contribution >= 0.6 is 0 Å². The van der Waals surface area contributed by atoms with Crippen molar-refractivity contribution in [2.75, 3.05) is 19.3 Å². The zero-order chi connectivity index (χ0) is 22.2. The van der Waals surface area contributed by atoms with Crippen molar-refractivity contribution in [2.24, 2.45) is 5.92 Å². The molecule has 1 heterocycles. The van der Waals surface area contributed by atoms with Gasteiger partial charge in [-0.3, -0.25) is 4.79 Å². The lowest BCUT2D eigenvalue weighted by molar-refractivity contribution is -0.132. The second kappa shape index (κ2) is 8.67. The summed E-state index contributed by atoms with van der Waals surface area (Å²) in [6.07, 6.45) is 3.88. The van der Waals surface area contributed by atoms with Gasteiger partial charge in [0.05, 0.1) is 6.26 Å². The molecule has 0 spiro atoms. The summed E-state index contributed by atoms with van der Waals surface area (Å²) in [6, 6.07) is 10.8. The minimum atomic E-state index is -3.27. The van der Waals surface area contributed by atoms with Crippen molar-refractivity contribution in [2.45, 2.75) is 37.6 Å². The Hall–Kier alpha value is -2.32. The Labute approximate surface area is 181 Å². The first-order valence-electron chi connectivity index (χ1n) is 10.5. The number of hydrogen-bond donors (Lipinski definition) is 1. The quantitative estimate of drug-likeness (QED) is 0.759.